The van der Waals surface area contributed by atoms with Gasteiger partial charge in [0.15, 0.2) is 0 Å². The Bertz CT molecular complexity index is 559. The maximum absolute atomic E-state index is 5.81. The maximum Gasteiger partial charge on any atom is 0.149 e. The van der Waals surface area contributed by atoms with Crippen LogP contribution in [-0.2, 0) is 13.1 Å². The molecular weight excluding hydrogens is 272 g/mol. The third-order valence-electron chi connectivity index (χ3n) is 3.06. The zero-order chi connectivity index (χ0) is 14.4. The Morgan fingerprint density at radius 3 is 2.80 bits per heavy atom. The lowest BCUT2D eigenvalue weighted by atomic mass is 10.1. The van der Waals surface area contributed by atoms with Crippen LogP contribution in [0.25, 0.3) is 0 Å². The second-order valence-corrected chi connectivity index (χ2v) is 5.12. The van der Waals surface area contributed by atoms with Crippen LogP contribution < -0.4 is 5.32 Å². The Morgan fingerprint density at radius 2 is 2.05 bits per heavy atom. The molecular formula is C15H19ClN4. The molecule has 1 heterocycles. The summed E-state index contributed by atoms with van der Waals surface area (Å²) in [7, 11) is 2.12. The van der Waals surface area contributed by atoms with Gasteiger partial charge in [-0.3, -0.25) is 4.98 Å². The first-order chi connectivity index (χ1) is 9.67. The van der Waals surface area contributed by atoms with Crippen molar-refractivity contribution in [3.63, 3.8) is 0 Å². The van der Waals surface area contributed by atoms with Crippen molar-refractivity contribution in [2.24, 2.45) is 0 Å². The van der Waals surface area contributed by atoms with Crippen LogP contribution in [0.1, 0.15) is 18.1 Å². The Morgan fingerprint density at radius 1 is 1.25 bits per heavy atom. The van der Waals surface area contributed by atoms with E-state index in [2.05, 4.69) is 58.4 Å². The van der Waals surface area contributed by atoms with Crippen molar-refractivity contribution in [1.29, 1.82) is 0 Å². The highest BCUT2D eigenvalue weighted by Crippen LogP contribution is 2.11. The molecule has 0 radical (unpaired) electrons. The molecule has 0 aliphatic rings. The van der Waals surface area contributed by atoms with E-state index >= 15 is 0 Å². The van der Waals surface area contributed by atoms with Gasteiger partial charge in [0, 0.05) is 13.1 Å². The Hall–Kier alpha value is -1.65. The van der Waals surface area contributed by atoms with Crippen LogP contribution in [0.3, 0.4) is 0 Å². The standard InChI is InChI=1S/C15H19ClN4/c1-3-20(2)11-13-6-4-5-12(7-13)8-18-15-10-17-9-14(16)19-15/h4-7,9-10H,3,8,11H2,1-2H3,(H,18,19). The maximum atomic E-state index is 5.81. The number of halogens is 1. The van der Waals surface area contributed by atoms with Crippen LogP contribution in [0.4, 0.5) is 5.82 Å². The number of aromatic nitrogens is 2. The van der Waals surface area contributed by atoms with E-state index in [1.54, 1.807) is 6.20 Å². The van der Waals surface area contributed by atoms with Gasteiger partial charge in [0.2, 0.25) is 0 Å². The fourth-order valence-corrected chi connectivity index (χ4v) is 2.03. The number of hydrogen-bond acceptors (Lipinski definition) is 4. The van der Waals surface area contributed by atoms with Gasteiger partial charge in [-0.15, -0.1) is 0 Å². The molecule has 0 saturated carbocycles. The third-order valence-corrected chi connectivity index (χ3v) is 3.24. The Kier molecular flexibility index (Phi) is 5.32. The summed E-state index contributed by atoms with van der Waals surface area (Å²) in [5.41, 5.74) is 2.53. The molecule has 5 heteroatoms. The van der Waals surface area contributed by atoms with Gasteiger partial charge in [0.25, 0.3) is 0 Å². The largest absolute Gasteiger partial charge is 0.365 e. The van der Waals surface area contributed by atoms with Gasteiger partial charge < -0.3 is 10.2 Å². The van der Waals surface area contributed by atoms with Crippen LogP contribution >= 0.6 is 11.6 Å². The molecule has 2 rings (SSSR count). The zero-order valence-corrected chi connectivity index (χ0v) is 12.6. The summed E-state index contributed by atoms with van der Waals surface area (Å²) in [6.07, 6.45) is 3.19. The minimum absolute atomic E-state index is 0.397. The predicted molar refractivity (Wildman–Crippen MR) is 82.8 cm³/mol. The SMILES string of the molecule is CCN(C)Cc1cccc(CNc2cncc(Cl)n2)c1. The molecule has 1 aromatic carbocycles. The van der Waals surface area contributed by atoms with Gasteiger partial charge in [0.05, 0.1) is 12.4 Å². The molecule has 0 fully saturated rings. The number of nitrogens with one attached hydrogen (secondary N) is 1. The molecule has 4 nitrogen and oxygen atoms in total. The molecule has 0 unspecified atom stereocenters. The fraction of sp³-hybridized carbons (Fsp3) is 0.333. The lowest BCUT2D eigenvalue weighted by Crippen LogP contribution is -2.16. The zero-order valence-electron chi connectivity index (χ0n) is 11.8. The third kappa shape index (κ3) is 4.47. The second-order valence-electron chi connectivity index (χ2n) is 4.73. The number of nitrogens with zero attached hydrogens (tertiary/aromatic N) is 3. The summed E-state index contributed by atoms with van der Waals surface area (Å²) in [5.74, 6) is 0.688. The quantitative estimate of drug-likeness (QED) is 0.887. The van der Waals surface area contributed by atoms with E-state index < -0.39 is 0 Å². The van der Waals surface area contributed by atoms with Gasteiger partial charge in [-0.25, -0.2) is 4.98 Å². The van der Waals surface area contributed by atoms with Crippen molar-refractivity contribution >= 4 is 17.4 Å². The van der Waals surface area contributed by atoms with Gasteiger partial charge in [-0.1, -0.05) is 42.8 Å². The molecule has 0 aliphatic heterocycles. The van der Waals surface area contributed by atoms with E-state index in [9.17, 15) is 0 Å². The highest BCUT2D eigenvalue weighted by molar-refractivity contribution is 6.29. The van der Waals surface area contributed by atoms with E-state index in [0.29, 0.717) is 17.5 Å². The molecule has 1 aromatic heterocycles. The van der Waals surface area contributed by atoms with Crippen molar-refractivity contribution in [3.05, 3.63) is 52.9 Å². The average Bonchev–Trinajstić information content (AvgIpc) is 2.45. The average molecular weight is 291 g/mol. The van der Waals surface area contributed by atoms with Crippen LogP contribution in [0.2, 0.25) is 5.15 Å². The lowest BCUT2D eigenvalue weighted by Gasteiger charge is -2.14. The van der Waals surface area contributed by atoms with Crippen molar-refractivity contribution in [3.8, 4) is 0 Å². The summed E-state index contributed by atoms with van der Waals surface area (Å²) in [6, 6.07) is 8.53. The summed E-state index contributed by atoms with van der Waals surface area (Å²) in [4.78, 5) is 10.4. The van der Waals surface area contributed by atoms with Crippen molar-refractivity contribution in [2.75, 3.05) is 18.9 Å². The summed E-state index contributed by atoms with van der Waals surface area (Å²) >= 11 is 5.81. The minimum Gasteiger partial charge on any atom is -0.365 e. The highest BCUT2D eigenvalue weighted by Gasteiger charge is 2.01. The van der Waals surface area contributed by atoms with E-state index in [1.807, 2.05) is 0 Å². The van der Waals surface area contributed by atoms with Crippen molar-refractivity contribution < 1.29 is 0 Å². The fourth-order valence-electron chi connectivity index (χ4n) is 1.88. The normalized spacial score (nSPS) is 10.8. The molecule has 0 spiro atoms. The number of benzene rings is 1. The van der Waals surface area contributed by atoms with Gasteiger partial charge >= 0.3 is 0 Å². The predicted octanol–water partition coefficient (Wildman–Crippen LogP) is 3.19. The summed E-state index contributed by atoms with van der Waals surface area (Å²) in [5, 5.41) is 3.62. The summed E-state index contributed by atoms with van der Waals surface area (Å²) < 4.78 is 0. The molecule has 1 N–H and O–H groups in total. The topological polar surface area (TPSA) is 41.0 Å². The lowest BCUT2D eigenvalue weighted by molar-refractivity contribution is 0.345. The Labute approximate surface area is 124 Å². The molecule has 2 aromatic rings. The first-order valence-electron chi connectivity index (χ1n) is 6.65. The van der Waals surface area contributed by atoms with E-state index in [-0.39, 0.29) is 0 Å². The van der Waals surface area contributed by atoms with Crippen molar-refractivity contribution in [2.45, 2.75) is 20.0 Å². The van der Waals surface area contributed by atoms with Crippen LogP contribution in [0, 0.1) is 0 Å². The van der Waals surface area contributed by atoms with Gasteiger partial charge in [-0.05, 0) is 24.7 Å². The van der Waals surface area contributed by atoms with E-state index in [1.165, 1.54) is 17.3 Å². The molecule has 0 bridgehead atoms. The number of anilines is 1. The first kappa shape index (κ1) is 14.8. The van der Waals surface area contributed by atoms with Crippen LogP contribution in [0.15, 0.2) is 36.7 Å². The van der Waals surface area contributed by atoms with Crippen LogP contribution in [-0.4, -0.2) is 28.5 Å². The second kappa shape index (κ2) is 7.22. The Balaban J connectivity index is 1.97. The first-order valence-corrected chi connectivity index (χ1v) is 7.03. The van der Waals surface area contributed by atoms with Crippen LogP contribution in [0.5, 0.6) is 0 Å². The molecule has 0 atom stereocenters. The van der Waals surface area contributed by atoms with E-state index in [4.69, 9.17) is 11.6 Å². The molecule has 20 heavy (non-hydrogen) atoms. The number of hydrogen-bond donors (Lipinski definition) is 1. The van der Waals surface area contributed by atoms with Gasteiger partial charge in [-0.2, -0.15) is 0 Å². The molecule has 0 amide bonds. The van der Waals surface area contributed by atoms with Gasteiger partial charge in [0.1, 0.15) is 11.0 Å². The molecule has 0 aliphatic carbocycles. The molecule has 106 valence electrons. The smallest absolute Gasteiger partial charge is 0.149 e. The van der Waals surface area contributed by atoms with Crippen molar-refractivity contribution in [1.82, 2.24) is 14.9 Å². The number of rotatable bonds is 6. The highest BCUT2D eigenvalue weighted by atomic mass is 35.5. The summed E-state index contributed by atoms with van der Waals surface area (Å²) in [6.45, 7) is 4.86. The monoisotopic (exact) mass is 290 g/mol. The minimum atomic E-state index is 0.397. The molecule has 0 saturated heterocycles. The van der Waals surface area contributed by atoms with E-state index in [0.717, 1.165) is 13.1 Å².